The SMILES string of the molecule is CC[C@H]1CC[C@](CC)(NC(=O)CO)c2nnc(-c3ccccc3F)cc21. The highest BCUT2D eigenvalue weighted by molar-refractivity contribution is 5.78. The predicted molar refractivity (Wildman–Crippen MR) is 96.9 cm³/mol. The van der Waals surface area contributed by atoms with Gasteiger partial charge in [-0.05, 0) is 55.4 Å². The molecule has 1 aromatic carbocycles. The van der Waals surface area contributed by atoms with Crippen molar-refractivity contribution in [2.75, 3.05) is 6.61 Å². The molecular formula is C20H24FN3O2. The molecule has 26 heavy (non-hydrogen) atoms. The largest absolute Gasteiger partial charge is 0.387 e. The molecule has 2 atom stereocenters. The second-order valence-electron chi connectivity index (χ2n) is 6.80. The van der Waals surface area contributed by atoms with Crippen LogP contribution in [0.1, 0.15) is 56.7 Å². The van der Waals surface area contributed by atoms with Crippen molar-refractivity contribution >= 4 is 5.91 Å². The number of aliphatic hydroxyl groups is 1. The number of nitrogens with one attached hydrogen (secondary N) is 1. The Labute approximate surface area is 152 Å². The van der Waals surface area contributed by atoms with Gasteiger partial charge in [0, 0.05) is 5.56 Å². The van der Waals surface area contributed by atoms with E-state index in [1.807, 2.05) is 13.0 Å². The summed E-state index contributed by atoms with van der Waals surface area (Å²) in [5, 5.41) is 20.8. The summed E-state index contributed by atoms with van der Waals surface area (Å²) in [5.41, 5.74) is 2.03. The maximum Gasteiger partial charge on any atom is 0.246 e. The molecule has 1 heterocycles. The molecule has 138 valence electrons. The number of hydrogen-bond donors (Lipinski definition) is 2. The second kappa shape index (κ2) is 7.50. The van der Waals surface area contributed by atoms with Gasteiger partial charge in [-0.3, -0.25) is 4.79 Å². The molecule has 0 fully saturated rings. The third-order valence-electron chi connectivity index (χ3n) is 5.40. The van der Waals surface area contributed by atoms with Gasteiger partial charge < -0.3 is 10.4 Å². The van der Waals surface area contributed by atoms with Gasteiger partial charge in [0.15, 0.2) is 0 Å². The molecule has 0 unspecified atom stereocenters. The van der Waals surface area contributed by atoms with E-state index in [1.165, 1.54) is 6.07 Å². The van der Waals surface area contributed by atoms with Crippen molar-refractivity contribution < 1.29 is 14.3 Å². The van der Waals surface area contributed by atoms with Crippen LogP contribution in [0.3, 0.4) is 0 Å². The van der Waals surface area contributed by atoms with Crippen molar-refractivity contribution in [2.24, 2.45) is 0 Å². The van der Waals surface area contributed by atoms with Gasteiger partial charge >= 0.3 is 0 Å². The van der Waals surface area contributed by atoms with E-state index in [2.05, 4.69) is 22.4 Å². The highest BCUT2D eigenvalue weighted by atomic mass is 19.1. The molecule has 1 amide bonds. The lowest BCUT2D eigenvalue weighted by atomic mass is 9.72. The molecule has 3 rings (SSSR count). The van der Waals surface area contributed by atoms with E-state index in [4.69, 9.17) is 5.11 Å². The number of nitrogens with zero attached hydrogens (tertiary/aromatic N) is 2. The van der Waals surface area contributed by atoms with Crippen molar-refractivity contribution in [3.63, 3.8) is 0 Å². The van der Waals surface area contributed by atoms with Gasteiger partial charge in [-0.1, -0.05) is 26.0 Å². The number of rotatable bonds is 5. The van der Waals surface area contributed by atoms with Crippen molar-refractivity contribution in [3.05, 3.63) is 47.4 Å². The van der Waals surface area contributed by atoms with E-state index in [0.717, 1.165) is 30.5 Å². The summed E-state index contributed by atoms with van der Waals surface area (Å²) in [5.74, 6) is -0.467. The van der Waals surface area contributed by atoms with Crippen LogP contribution in [-0.2, 0) is 10.3 Å². The van der Waals surface area contributed by atoms with E-state index in [1.54, 1.807) is 18.2 Å². The lowest BCUT2D eigenvalue weighted by Crippen LogP contribution is -2.49. The predicted octanol–water partition coefficient (Wildman–Crippen LogP) is 3.28. The molecule has 1 aliphatic rings. The van der Waals surface area contributed by atoms with Crippen molar-refractivity contribution in [2.45, 2.75) is 51.0 Å². The third-order valence-corrected chi connectivity index (χ3v) is 5.40. The highest BCUT2D eigenvalue weighted by Gasteiger charge is 2.41. The van der Waals surface area contributed by atoms with Crippen LogP contribution in [0.5, 0.6) is 0 Å². The number of aromatic nitrogens is 2. The lowest BCUT2D eigenvalue weighted by molar-refractivity contribution is -0.126. The Bertz CT molecular complexity index is 811. The summed E-state index contributed by atoms with van der Waals surface area (Å²) >= 11 is 0. The van der Waals surface area contributed by atoms with Crippen molar-refractivity contribution in [3.8, 4) is 11.3 Å². The number of amides is 1. The molecule has 0 aliphatic heterocycles. The van der Waals surface area contributed by atoms with E-state index >= 15 is 0 Å². The van der Waals surface area contributed by atoms with Crippen LogP contribution in [0.4, 0.5) is 4.39 Å². The second-order valence-corrected chi connectivity index (χ2v) is 6.80. The van der Waals surface area contributed by atoms with E-state index in [-0.39, 0.29) is 11.7 Å². The fraction of sp³-hybridized carbons (Fsp3) is 0.450. The topological polar surface area (TPSA) is 75.1 Å². The van der Waals surface area contributed by atoms with Gasteiger partial charge in [0.05, 0.1) is 16.9 Å². The first-order valence-electron chi connectivity index (χ1n) is 9.09. The van der Waals surface area contributed by atoms with E-state index in [0.29, 0.717) is 17.7 Å². The highest BCUT2D eigenvalue weighted by Crippen LogP contribution is 2.44. The van der Waals surface area contributed by atoms with Gasteiger partial charge in [0.25, 0.3) is 0 Å². The summed E-state index contributed by atoms with van der Waals surface area (Å²) < 4.78 is 14.2. The first kappa shape index (κ1) is 18.5. The molecule has 6 heteroatoms. The van der Waals surface area contributed by atoms with E-state index < -0.39 is 18.1 Å². The van der Waals surface area contributed by atoms with Gasteiger partial charge in [0.1, 0.15) is 12.4 Å². The molecule has 1 aromatic heterocycles. The van der Waals surface area contributed by atoms with Crippen LogP contribution in [0.15, 0.2) is 30.3 Å². The molecule has 2 N–H and O–H groups in total. The Morgan fingerprint density at radius 1 is 1.35 bits per heavy atom. The number of carbonyl (C=O) groups is 1. The minimum atomic E-state index is -0.637. The maximum atomic E-state index is 14.2. The summed E-state index contributed by atoms with van der Waals surface area (Å²) in [7, 11) is 0. The fourth-order valence-corrected chi connectivity index (χ4v) is 3.87. The number of aliphatic hydroxyl groups excluding tert-OH is 1. The summed E-state index contributed by atoms with van der Waals surface area (Å²) in [6.07, 6.45) is 3.22. The summed E-state index contributed by atoms with van der Waals surface area (Å²) in [4.78, 5) is 11.9. The number of fused-ring (bicyclic) bond motifs is 1. The van der Waals surface area contributed by atoms with Crippen molar-refractivity contribution in [1.29, 1.82) is 0 Å². The zero-order valence-electron chi connectivity index (χ0n) is 15.1. The Kier molecular flexibility index (Phi) is 5.32. The van der Waals surface area contributed by atoms with Crippen molar-refractivity contribution in [1.82, 2.24) is 15.5 Å². The molecule has 2 aromatic rings. The molecule has 0 spiro atoms. The van der Waals surface area contributed by atoms with Crippen LogP contribution < -0.4 is 5.32 Å². The number of halogens is 1. The molecule has 0 saturated carbocycles. The monoisotopic (exact) mass is 357 g/mol. The van der Waals surface area contributed by atoms with Gasteiger partial charge in [-0.15, -0.1) is 0 Å². The van der Waals surface area contributed by atoms with Crippen LogP contribution in [0.2, 0.25) is 0 Å². The fourth-order valence-electron chi connectivity index (χ4n) is 3.87. The van der Waals surface area contributed by atoms with E-state index in [9.17, 15) is 9.18 Å². The average Bonchev–Trinajstić information content (AvgIpc) is 2.68. The lowest BCUT2D eigenvalue weighted by Gasteiger charge is -2.40. The zero-order chi connectivity index (χ0) is 18.7. The van der Waals surface area contributed by atoms with Gasteiger partial charge in [0.2, 0.25) is 5.91 Å². The number of carbonyl (C=O) groups excluding carboxylic acids is 1. The Hall–Kier alpha value is -2.34. The Morgan fingerprint density at radius 3 is 2.77 bits per heavy atom. The minimum Gasteiger partial charge on any atom is -0.387 e. The molecule has 0 radical (unpaired) electrons. The standard InChI is InChI=1S/C20H24FN3O2/c1-3-13-9-10-20(4-2,22-18(26)12-25)19-15(13)11-17(23-24-19)14-7-5-6-8-16(14)21/h5-8,11,13,25H,3-4,9-10,12H2,1-2H3,(H,22,26)/t13-,20-/m0/s1. The molecule has 5 nitrogen and oxygen atoms in total. The number of hydrogen-bond acceptors (Lipinski definition) is 4. The van der Waals surface area contributed by atoms with Gasteiger partial charge in [-0.2, -0.15) is 10.2 Å². The first-order valence-corrected chi connectivity index (χ1v) is 9.09. The normalized spacial score (nSPS) is 21.9. The van der Waals surface area contributed by atoms with Gasteiger partial charge in [-0.25, -0.2) is 4.39 Å². The minimum absolute atomic E-state index is 0.289. The van der Waals surface area contributed by atoms with Crippen LogP contribution in [0, 0.1) is 5.82 Å². The summed E-state index contributed by atoms with van der Waals surface area (Å²) in [6.45, 7) is 3.54. The zero-order valence-corrected chi connectivity index (χ0v) is 15.1. The Morgan fingerprint density at radius 2 is 2.12 bits per heavy atom. The molecule has 0 saturated heterocycles. The molecular weight excluding hydrogens is 333 g/mol. The molecule has 1 aliphatic carbocycles. The van der Waals surface area contributed by atoms with Crippen LogP contribution in [0.25, 0.3) is 11.3 Å². The average molecular weight is 357 g/mol. The quantitative estimate of drug-likeness (QED) is 0.861. The Balaban J connectivity index is 2.11. The summed E-state index contributed by atoms with van der Waals surface area (Å²) in [6, 6.07) is 8.42. The maximum absolute atomic E-state index is 14.2. The smallest absolute Gasteiger partial charge is 0.246 e. The van der Waals surface area contributed by atoms with Crippen LogP contribution in [-0.4, -0.2) is 27.8 Å². The molecule has 0 bridgehead atoms. The van der Waals surface area contributed by atoms with Crippen LogP contribution >= 0.6 is 0 Å². The third kappa shape index (κ3) is 3.21. The number of benzene rings is 1. The first-order chi connectivity index (χ1) is 12.5.